The highest BCUT2D eigenvalue weighted by Gasteiger charge is 2.14. The number of hydrogen-bond donors (Lipinski definition) is 1. The Balaban J connectivity index is 2.34. The lowest BCUT2D eigenvalue weighted by Gasteiger charge is -2.15. The fourth-order valence-corrected chi connectivity index (χ4v) is 1.65. The molecule has 0 aromatic carbocycles. The highest BCUT2D eigenvalue weighted by molar-refractivity contribution is 5.49. The second kappa shape index (κ2) is 2.46. The van der Waals surface area contributed by atoms with Gasteiger partial charge in [-0.05, 0) is 29.0 Å². The normalized spacial score (nSPS) is 16.0. The Morgan fingerprint density at radius 2 is 2.46 bits per heavy atom. The molecule has 3 rings (SSSR count). The highest BCUT2D eigenvalue weighted by Crippen LogP contribution is 2.15. The third-order valence-electron chi connectivity index (χ3n) is 2.30. The van der Waals surface area contributed by atoms with Crippen molar-refractivity contribution in [2.75, 3.05) is 6.54 Å². The molecule has 1 aliphatic heterocycles. The molecule has 1 aliphatic rings. The predicted octanol–water partition coefficient (Wildman–Crippen LogP) is -0.835. The first-order valence-corrected chi connectivity index (χ1v) is 4.21. The number of fused-ring (bicyclic) bond motifs is 3. The van der Waals surface area contributed by atoms with Gasteiger partial charge >= 0.3 is 0 Å². The van der Waals surface area contributed by atoms with Crippen molar-refractivity contribution >= 4 is 5.65 Å². The molecule has 0 fully saturated rings. The van der Waals surface area contributed by atoms with Crippen LogP contribution < -0.4 is 5.32 Å². The smallest absolute Gasteiger partial charge is 0.203 e. The molecule has 0 aliphatic carbocycles. The Bertz CT molecular complexity index is 447. The van der Waals surface area contributed by atoms with Gasteiger partial charge in [-0.25, -0.2) is 0 Å². The Kier molecular flexibility index (Phi) is 1.31. The molecule has 0 amide bonds. The average molecular weight is 176 g/mol. The monoisotopic (exact) mass is 176 g/mol. The SMILES string of the molecule is c1nn2nnnc2c2c1CNCC2. The second-order valence-electron chi connectivity index (χ2n) is 3.07. The van der Waals surface area contributed by atoms with Gasteiger partial charge in [-0.15, -0.1) is 9.73 Å². The van der Waals surface area contributed by atoms with E-state index < -0.39 is 0 Å². The van der Waals surface area contributed by atoms with Crippen molar-refractivity contribution in [1.29, 1.82) is 0 Å². The van der Waals surface area contributed by atoms with Gasteiger partial charge in [0.05, 0.1) is 6.20 Å². The van der Waals surface area contributed by atoms with E-state index in [0.29, 0.717) is 0 Å². The van der Waals surface area contributed by atoms with Crippen molar-refractivity contribution < 1.29 is 0 Å². The zero-order chi connectivity index (χ0) is 8.67. The molecule has 6 nitrogen and oxygen atoms in total. The number of tetrazole rings is 1. The minimum atomic E-state index is 0.791. The summed E-state index contributed by atoms with van der Waals surface area (Å²) < 4.78 is 1.48. The summed E-state index contributed by atoms with van der Waals surface area (Å²) in [4.78, 5) is 0. The molecule has 2 aromatic heterocycles. The molecule has 2 aromatic rings. The molecule has 0 bridgehead atoms. The Morgan fingerprint density at radius 3 is 3.46 bits per heavy atom. The van der Waals surface area contributed by atoms with Crippen LogP contribution in [0.3, 0.4) is 0 Å². The van der Waals surface area contributed by atoms with Gasteiger partial charge in [-0.2, -0.15) is 5.10 Å². The van der Waals surface area contributed by atoms with Gasteiger partial charge < -0.3 is 5.32 Å². The summed E-state index contributed by atoms with van der Waals surface area (Å²) in [6, 6.07) is 0. The van der Waals surface area contributed by atoms with Crippen LogP contribution in [0.15, 0.2) is 6.20 Å². The molecule has 13 heavy (non-hydrogen) atoms. The van der Waals surface area contributed by atoms with Crippen LogP contribution in [-0.2, 0) is 13.0 Å². The van der Waals surface area contributed by atoms with Gasteiger partial charge in [0.25, 0.3) is 0 Å². The van der Waals surface area contributed by atoms with E-state index in [1.165, 1.54) is 15.8 Å². The van der Waals surface area contributed by atoms with Crippen molar-refractivity contribution in [3.63, 3.8) is 0 Å². The maximum absolute atomic E-state index is 4.10. The van der Waals surface area contributed by atoms with E-state index >= 15 is 0 Å². The molecular formula is C7H8N6. The van der Waals surface area contributed by atoms with Crippen LogP contribution in [-0.4, -0.2) is 31.8 Å². The zero-order valence-corrected chi connectivity index (χ0v) is 6.93. The average Bonchev–Trinajstić information content (AvgIpc) is 2.65. The predicted molar refractivity (Wildman–Crippen MR) is 44.0 cm³/mol. The molecule has 0 saturated heterocycles. The molecule has 1 N–H and O–H groups in total. The van der Waals surface area contributed by atoms with Crippen LogP contribution >= 0.6 is 0 Å². The molecule has 0 radical (unpaired) electrons. The summed E-state index contributed by atoms with van der Waals surface area (Å²) in [6.45, 7) is 1.85. The molecule has 0 atom stereocenters. The fourth-order valence-electron chi connectivity index (χ4n) is 1.65. The van der Waals surface area contributed by atoms with Gasteiger partial charge in [-0.1, -0.05) is 0 Å². The van der Waals surface area contributed by atoms with Crippen LogP contribution in [0.1, 0.15) is 11.1 Å². The molecule has 66 valence electrons. The van der Waals surface area contributed by atoms with E-state index in [0.717, 1.165) is 25.2 Å². The standard InChI is InChI=1S/C7H8N6/c1-2-8-3-5-4-9-13-7(6(1)5)10-11-12-13/h4,8H,1-3H2. The first kappa shape index (κ1) is 6.90. The number of nitrogens with one attached hydrogen (secondary N) is 1. The van der Waals surface area contributed by atoms with E-state index in [4.69, 9.17) is 0 Å². The fraction of sp³-hybridized carbons (Fsp3) is 0.429. The van der Waals surface area contributed by atoms with Crippen LogP contribution in [0.4, 0.5) is 0 Å². The topological polar surface area (TPSA) is 68.0 Å². The van der Waals surface area contributed by atoms with Crippen LogP contribution in [0.5, 0.6) is 0 Å². The highest BCUT2D eigenvalue weighted by atomic mass is 15.6. The third-order valence-corrected chi connectivity index (χ3v) is 2.30. The summed E-state index contributed by atoms with van der Waals surface area (Å²) in [5, 5.41) is 18.7. The van der Waals surface area contributed by atoms with Crippen molar-refractivity contribution in [3.05, 3.63) is 17.3 Å². The Hall–Kier alpha value is -1.56. The number of nitrogens with zero attached hydrogens (tertiary/aromatic N) is 5. The summed E-state index contributed by atoms with van der Waals surface area (Å²) in [6.07, 6.45) is 2.80. The molecular weight excluding hydrogens is 168 g/mol. The van der Waals surface area contributed by atoms with E-state index in [1.54, 1.807) is 0 Å². The van der Waals surface area contributed by atoms with E-state index in [1.807, 2.05) is 6.20 Å². The molecule has 0 unspecified atom stereocenters. The van der Waals surface area contributed by atoms with Crippen molar-refractivity contribution in [2.45, 2.75) is 13.0 Å². The van der Waals surface area contributed by atoms with Crippen molar-refractivity contribution in [2.24, 2.45) is 0 Å². The van der Waals surface area contributed by atoms with Gasteiger partial charge in [0.2, 0.25) is 5.65 Å². The lowest BCUT2D eigenvalue weighted by Crippen LogP contribution is -2.24. The number of rotatable bonds is 0. The molecule has 0 spiro atoms. The van der Waals surface area contributed by atoms with Gasteiger partial charge in [0.1, 0.15) is 0 Å². The quantitative estimate of drug-likeness (QED) is 0.567. The van der Waals surface area contributed by atoms with Gasteiger partial charge in [0, 0.05) is 12.1 Å². The third kappa shape index (κ3) is 0.919. The minimum absolute atomic E-state index is 0.791. The lowest BCUT2D eigenvalue weighted by molar-refractivity contribution is 0.629. The van der Waals surface area contributed by atoms with Crippen LogP contribution in [0.25, 0.3) is 5.65 Å². The van der Waals surface area contributed by atoms with Crippen molar-refractivity contribution in [3.8, 4) is 0 Å². The Labute approximate surface area is 73.9 Å². The maximum Gasteiger partial charge on any atom is 0.203 e. The summed E-state index contributed by atoms with van der Waals surface area (Å²) in [5.74, 6) is 0. The lowest BCUT2D eigenvalue weighted by atomic mass is 10.1. The molecule has 6 heteroatoms. The van der Waals surface area contributed by atoms with Crippen LogP contribution in [0, 0.1) is 0 Å². The number of hydrogen-bond acceptors (Lipinski definition) is 5. The van der Waals surface area contributed by atoms with E-state index in [-0.39, 0.29) is 0 Å². The largest absolute Gasteiger partial charge is 0.312 e. The van der Waals surface area contributed by atoms with Crippen LogP contribution in [0.2, 0.25) is 0 Å². The van der Waals surface area contributed by atoms with Gasteiger partial charge in [0.15, 0.2) is 0 Å². The minimum Gasteiger partial charge on any atom is -0.312 e. The van der Waals surface area contributed by atoms with Gasteiger partial charge in [-0.3, -0.25) is 0 Å². The summed E-state index contributed by atoms with van der Waals surface area (Å²) in [5.41, 5.74) is 3.21. The zero-order valence-electron chi connectivity index (χ0n) is 6.93. The van der Waals surface area contributed by atoms with Crippen molar-refractivity contribution in [1.82, 2.24) is 30.6 Å². The van der Waals surface area contributed by atoms with E-state index in [2.05, 4.69) is 25.9 Å². The summed E-state index contributed by atoms with van der Waals surface area (Å²) >= 11 is 0. The Morgan fingerprint density at radius 1 is 1.46 bits per heavy atom. The number of aromatic nitrogens is 5. The van der Waals surface area contributed by atoms with E-state index in [9.17, 15) is 0 Å². The molecule has 3 heterocycles. The first-order chi connectivity index (χ1) is 6.45. The maximum atomic E-state index is 4.10. The second-order valence-corrected chi connectivity index (χ2v) is 3.07. The summed E-state index contributed by atoms with van der Waals surface area (Å²) in [7, 11) is 0. The molecule has 0 saturated carbocycles. The first-order valence-electron chi connectivity index (χ1n) is 4.21.